The van der Waals surface area contributed by atoms with Crippen molar-refractivity contribution in [2.75, 3.05) is 0 Å². The molecule has 0 heterocycles. The summed E-state index contributed by atoms with van der Waals surface area (Å²) >= 11 is 0. The van der Waals surface area contributed by atoms with Crippen LogP contribution < -0.4 is 0 Å². The topological polar surface area (TPSA) is 26.3 Å². The molecule has 0 spiro atoms. The molecule has 11 heavy (non-hydrogen) atoms. The van der Waals surface area contributed by atoms with Crippen molar-refractivity contribution in [2.45, 2.75) is 0 Å². The van der Waals surface area contributed by atoms with Crippen molar-refractivity contribution in [1.29, 1.82) is 0 Å². The smallest absolute Gasteiger partial charge is 0.264 e. The third kappa shape index (κ3) is 2.96. The van der Waals surface area contributed by atoms with Crippen LogP contribution in [-0.2, 0) is 9.09 Å². The molecule has 0 amide bonds. The van der Waals surface area contributed by atoms with E-state index in [-0.39, 0.29) is 0 Å². The van der Waals surface area contributed by atoms with Gasteiger partial charge < -0.3 is 0 Å². The first-order valence-corrected chi connectivity index (χ1v) is 3.99. The Labute approximate surface area is 66.8 Å². The number of hydrogen-bond acceptors (Lipinski definition) is 2. The van der Waals surface area contributed by atoms with Gasteiger partial charge in [-0.05, 0) is 16.2 Å². The largest absolute Gasteiger partial charge is 0.541 e. The Morgan fingerprint density at radius 3 is 2.64 bits per heavy atom. The van der Waals surface area contributed by atoms with Crippen molar-refractivity contribution >= 4 is 14.8 Å². The Kier molecular flexibility index (Phi) is 3.36. The fourth-order valence-corrected chi connectivity index (χ4v) is 0.828. The summed E-state index contributed by atoms with van der Waals surface area (Å²) in [5.41, 5.74) is 1.03. The van der Waals surface area contributed by atoms with Crippen LogP contribution in [0.3, 0.4) is 0 Å². The second-order valence-electron chi connectivity index (χ2n) is 1.91. The van der Waals surface area contributed by atoms with Crippen molar-refractivity contribution in [2.24, 2.45) is 0 Å². The minimum Gasteiger partial charge on any atom is -0.264 e. The van der Waals surface area contributed by atoms with Gasteiger partial charge in [-0.3, -0.25) is 4.52 Å². The lowest BCUT2D eigenvalue weighted by Crippen LogP contribution is -1.67. The summed E-state index contributed by atoms with van der Waals surface area (Å²) in [6.45, 7) is 0. The third-order valence-electron chi connectivity index (χ3n) is 1.18. The molecule has 0 aliphatic rings. The minimum atomic E-state index is -0.727. The van der Waals surface area contributed by atoms with Crippen molar-refractivity contribution in [1.82, 2.24) is 0 Å². The molecule has 0 radical (unpaired) electrons. The van der Waals surface area contributed by atoms with Gasteiger partial charge >= 0.3 is 8.69 Å². The highest BCUT2D eigenvalue weighted by Gasteiger charge is 1.83. The van der Waals surface area contributed by atoms with E-state index in [2.05, 4.69) is 4.52 Å². The molecule has 0 aromatic heterocycles. The zero-order valence-corrected chi connectivity index (χ0v) is 6.86. The maximum Gasteiger partial charge on any atom is 0.541 e. The predicted octanol–water partition coefficient (Wildman–Crippen LogP) is 2.61. The molecule has 1 aromatic rings. The van der Waals surface area contributed by atoms with E-state index >= 15 is 0 Å². The maximum absolute atomic E-state index is 9.87. The molecule has 1 unspecified atom stereocenters. The summed E-state index contributed by atoms with van der Waals surface area (Å²) in [7, 11) is -0.727. The van der Waals surface area contributed by atoms with Gasteiger partial charge in [-0.1, -0.05) is 30.3 Å². The molecule has 1 atom stereocenters. The number of hydrogen-bond donors (Lipinski definition) is 0. The van der Waals surface area contributed by atoms with Crippen LogP contribution in [0.25, 0.3) is 6.08 Å². The first-order valence-electron chi connectivity index (χ1n) is 3.18. The van der Waals surface area contributed by atoms with E-state index in [9.17, 15) is 4.57 Å². The van der Waals surface area contributed by atoms with Crippen molar-refractivity contribution in [3.8, 4) is 0 Å². The lowest BCUT2D eigenvalue weighted by Gasteiger charge is -1.86. The number of rotatable bonds is 3. The van der Waals surface area contributed by atoms with Crippen LogP contribution in [0.2, 0.25) is 0 Å². The summed E-state index contributed by atoms with van der Waals surface area (Å²) in [6.07, 6.45) is 3.17. The van der Waals surface area contributed by atoms with Gasteiger partial charge in [0.25, 0.3) is 0 Å². The lowest BCUT2D eigenvalue weighted by molar-refractivity contribution is 0.486. The van der Waals surface area contributed by atoms with Crippen LogP contribution in [0, 0.1) is 0 Å². The van der Waals surface area contributed by atoms with Crippen LogP contribution in [0.5, 0.6) is 0 Å². The van der Waals surface area contributed by atoms with E-state index in [0.717, 1.165) is 5.56 Å². The van der Waals surface area contributed by atoms with Crippen LogP contribution in [-0.4, -0.2) is 0 Å². The van der Waals surface area contributed by atoms with Crippen molar-refractivity contribution in [3.63, 3.8) is 0 Å². The van der Waals surface area contributed by atoms with Gasteiger partial charge in [0, 0.05) is 0 Å². The summed E-state index contributed by atoms with van der Waals surface area (Å²) < 4.78 is 14.4. The summed E-state index contributed by atoms with van der Waals surface area (Å²) in [5.74, 6) is 0. The molecule has 56 valence electrons. The fourth-order valence-electron chi connectivity index (χ4n) is 0.705. The Bertz CT molecular complexity index is 244. The SMILES string of the molecule is O=[PH+]OC=Cc1ccccc1. The average molecular weight is 167 g/mol. The van der Waals surface area contributed by atoms with E-state index < -0.39 is 8.69 Å². The highest BCUT2D eigenvalue weighted by Crippen LogP contribution is 2.03. The minimum absolute atomic E-state index is 0.727. The highest BCUT2D eigenvalue weighted by atomic mass is 31.1. The normalized spacial score (nSPS) is 10.5. The monoisotopic (exact) mass is 167 g/mol. The van der Waals surface area contributed by atoms with Gasteiger partial charge in [0.05, 0.1) is 0 Å². The van der Waals surface area contributed by atoms with Crippen LogP contribution in [0.15, 0.2) is 36.6 Å². The van der Waals surface area contributed by atoms with Crippen molar-refractivity contribution in [3.05, 3.63) is 42.2 Å². The van der Waals surface area contributed by atoms with Gasteiger partial charge in [-0.15, -0.1) is 0 Å². The fraction of sp³-hybridized carbons (Fsp3) is 0. The van der Waals surface area contributed by atoms with E-state index in [0.29, 0.717) is 0 Å². The van der Waals surface area contributed by atoms with Gasteiger partial charge in [0.15, 0.2) is 6.26 Å². The Morgan fingerprint density at radius 1 is 1.27 bits per heavy atom. The molecule has 1 rings (SSSR count). The summed E-state index contributed by atoms with van der Waals surface area (Å²) in [5, 5.41) is 0. The molecule has 0 saturated carbocycles. The summed E-state index contributed by atoms with van der Waals surface area (Å²) in [4.78, 5) is 0. The molecule has 0 fully saturated rings. The molecule has 1 aromatic carbocycles. The standard InChI is InChI=1S/C8H8O2P/c9-11-10-7-6-8-4-2-1-3-5-8/h1-7,11H/q+1. The van der Waals surface area contributed by atoms with Gasteiger partial charge in [-0.25, -0.2) is 0 Å². The molecule has 0 bridgehead atoms. The zero-order valence-electron chi connectivity index (χ0n) is 5.86. The Balaban J connectivity index is 2.57. The average Bonchev–Trinajstić information content (AvgIpc) is 2.07. The predicted molar refractivity (Wildman–Crippen MR) is 45.6 cm³/mol. The highest BCUT2D eigenvalue weighted by molar-refractivity contribution is 7.17. The first kappa shape index (κ1) is 7.96. The van der Waals surface area contributed by atoms with Crippen LogP contribution in [0.4, 0.5) is 0 Å². The lowest BCUT2D eigenvalue weighted by atomic mass is 10.2. The Morgan fingerprint density at radius 2 is 2.00 bits per heavy atom. The van der Waals surface area contributed by atoms with E-state index in [1.54, 1.807) is 6.08 Å². The molecular formula is C8H8O2P+. The molecule has 2 nitrogen and oxygen atoms in total. The molecule has 3 heteroatoms. The van der Waals surface area contributed by atoms with E-state index in [1.165, 1.54) is 6.26 Å². The van der Waals surface area contributed by atoms with E-state index in [1.807, 2.05) is 30.3 Å². The second kappa shape index (κ2) is 4.64. The number of benzene rings is 1. The zero-order chi connectivity index (χ0) is 7.94. The van der Waals surface area contributed by atoms with Crippen molar-refractivity contribution < 1.29 is 9.09 Å². The third-order valence-corrected chi connectivity index (χ3v) is 1.41. The maximum atomic E-state index is 9.87. The van der Waals surface area contributed by atoms with Gasteiger partial charge in [0.2, 0.25) is 0 Å². The van der Waals surface area contributed by atoms with Crippen LogP contribution in [0.1, 0.15) is 5.56 Å². The van der Waals surface area contributed by atoms with Gasteiger partial charge in [-0.2, -0.15) is 0 Å². The molecule has 0 N–H and O–H groups in total. The molecule has 0 saturated heterocycles. The second-order valence-corrected chi connectivity index (χ2v) is 2.32. The molecule has 0 aliphatic heterocycles. The van der Waals surface area contributed by atoms with Gasteiger partial charge in [0.1, 0.15) is 0 Å². The van der Waals surface area contributed by atoms with Crippen LogP contribution >= 0.6 is 8.69 Å². The first-order chi connectivity index (χ1) is 5.43. The molecule has 0 aliphatic carbocycles. The van der Waals surface area contributed by atoms with E-state index in [4.69, 9.17) is 0 Å². The summed E-state index contributed by atoms with van der Waals surface area (Å²) in [6, 6.07) is 9.67. The quantitative estimate of drug-likeness (QED) is 0.511. The Hall–Kier alpha value is -1.14. The molecular weight excluding hydrogens is 159 g/mol.